The predicted octanol–water partition coefficient (Wildman–Crippen LogP) is 0.697. The minimum Gasteiger partial charge on any atom is -0.331 e. The number of Topliss-reactive ketones (excluding diaryl/α,β-unsaturated/α-hetero) is 1. The van der Waals surface area contributed by atoms with Crippen LogP contribution < -0.4 is 0 Å². The number of hydrogen-bond donors (Lipinski definition) is 0. The molecule has 2 aromatic rings. The fraction of sp³-hybridized carbons (Fsp3) is 0.250. The third-order valence-electron chi connectivity index (χ3n) is 1.85. The second-order valence-corrected chi connectivity index (χ2v) is 3.45. The van der Waals surface area contributed by atoms with E-state index in [1.165, 1.54) is 0 Å². The fourth-order valence-electron chi connectivity index (χ4n) is 1.14. The molecule has 0 amide bonds. The van der Waals surface area contributed by atoms with Gasteiger partial charge in [-0.25, -0.2) is 4.98 Å². The van der Waals surface area contributed by atoms with Gasteiger partial charge in [0, 0.05) is 7.05 Å². The summed E-state index contributed by atoms with van der Waals surface area (Å²) in [6.07, 6.45) is 5.06. The van der Waals surface area contributed by atoms with Gasteiger partial charge in [-0.2, -0.15) is 8.75 Å². The zero-order valence-electron chi connectivity index (χ0n) is 7.54. The maximum atomic E-state index is 11.7. The Morgan fingerprint density at radius 1 is 1.57 bits per heavy atom. The number of imidazole rings is 1. The molecule has 0 N–H and O–H groups in total. The van der Waals surface area contributed by atoms with Crippen LogP contribution in [0.5, 0.6) is 0 Å². The van der Waals surface area contributed by atoms with Crippen LogP contribution in [0.4, 0.5) is 0 Å². The van der Waals surface area contributed by atoms with Crippen molar-refractivity contribution < 1.29 is 4.79 Å². The normalized spacial score (nSPS) is 10.4. The van der Waals surface area contributed by atoms with Crippen molar-refractivity contribution in [1.82, 2.24) is 18.3 Å². The molecular weight excluding hydrogens is 200 g/mol. The summed E-state index contributed by atoms with van der Waals surface area (Å²) in [5.41, 5.74) is 1.30. The lowest BCUT2D eigenvalue weighted by Crippen LogP contribution is -2.08. The number of rotatable bonds is 3. The molecule has 0 saturated heterocycles. The molecule has 2 aromatic heterocycles. The average molecular weight is 208 g/mol. The summed E-state index contributed by atoms with van der Waals surface area (Å²) >= 11 is 1.11. The largest absolute Gasteiger partial charge is 0.331 e. The van der Waals surface area contributed by atoms with Gasteiger partial charge in [-0.15, -0.1) is 0 Å². The van der Waals surface area contributed by atoms with Crippen molar-refractivity contribution >= 4 is 17.5 Å². The Labute approximate surface area is 84.7 Å². The summed E-state index contributed by atoms with van der Waals surface area (Å²) in [6, 6.07) is 0. The Morgan fingerprint density at radius 3 is 3.00 bits per heavy atom. The molecule has 0 spiro atoms. The Hall–Kier alpha value is -1.56. The lowest BCUT2D eigenvalue weighted by molar-refractivity contribution is 0.0984. The molecule has 72 valence electrons. The maximum Gasteiger partial charge on any atom is 0.186 e. The molecule has 0 atom stereocenters. The topological polar surface area (TPSA) is 60.7 Å². The maximum absolute atomic E-state index is 11.7. The van der Waals surface area contributed by atoms with Crippen molar-refractivity contribution in [2.75, 3.05) is 0 Å². The van der Waals surface area contributed by atoms with Gasteiger partial charge in [-0.1, -0.05) is 0 Å². The number of aryl methyl sites for hydroxylation is 1. The van der Waals surface area contributed by atoms with E-state index in [2.05, 4.69) is 13.7 Å². The molecule has 0 aromatic carbocycles. The lowest BCUT2D eigenvalue weighted by atomic mass is 10.2. The Kier molecular flexibility index (Phi) is 2.36. The van der Waals surface area contributed by atoms with Gasteiger partial charge in [-0.3, -0.25) is 4.79 Å². The van der Waals surface area contributed by atoms with Crippen LogP contribution in [0.3, 0.4) is 0 Å². The summed E-state index contributed by atoms with van der Waals surface area (Å²) in [5.74, 6) is 0.0118. The molecule has 2 heterocycles. The van der Waals surface area contributed by atoms with Gasteiger partial charge >= 0.3 is 0 Å². The Balaban J connectivity index is 2.14. The zero-order chi connectivity index (χ0) is 9.97. The van der Waals surface area contributed by atoms with E-state index < -0.39 is 0 Å². The van der Waals surface area contributed by atoms with Gasteiger partial charge in [0.05, 0.1) is 42.6 Å². The van der Waals surface area contributed by atoms with E-state index in [4.69, 9.17) is 0 Å². The summed E-state index contributed by atoms with van der Waals surface area (Å²) in [5, 5.41) is 0. The van der Waals surface area contributed by atoms with Crippen molar-refractivity contribution in [3.05, 3.63) is 30.1 Å². The summed E-state index contributed by atoms with van der Waals surface area (Å²) in [6.45, 7) is 0. The quantitative estimate of drug-likeness (QED) is 0.696. The van der Waals surface area contributed by atoms with Crippen LogP contribution in [0, 0.1) is 0 Å². The van der Waals surface area contributed by atoms with E-state index in [9.17, 15) is 4.79 Å². The van der Waals surface area contributed by atoms with Crippen LogP contribution in [-0.2, 0) is 13.5 Å². The first-order valence-corrected chi connectivity index (χ1v) is 4.76. The second-order valence-electron chi connectivity index (χ2n) is 2.89. The van der Waals surface area contributed by atoms with Crippen LogP contribution in [0.2, 0.25) is 0 Å². The minimum atomic E-state index is 0.0118. The SMILES string of the molecule is Cn1cncc1C(=O)Cc1cnsn1. The van der Waals surface area contributed by atoms with Gasteiger partial charge < -0.3 is 4.57 Å². The molecule has 0 aliphatic carbocycles. The van der Waals surface area contributed by atoms with E-state index in [0.29, 0.717) is 11.4 Å². The lowest BCUT2D eigenvalue weighted by Gasteiger charge is -1.98. The molecular formula is C8H8N4OS. The predicted molar refractivity (Wildman–Crippen MR) is 51.2 cm³/mol. The molecule has 0 fully saturated rings. The van der Waals surface area contributed by atoms with Gasteiger partial charge in [0.2, 0.25) is 0 Å². The molecule has 0 aliphatic rings. The van der Waals surface area contributed by atoms with Gasteiger partial charge in [0.15, 0.2) is 5.78 Å². The first-order valence-electron chi connectivity index (χ1n) is 4.03. The summed E-state index contributed by atoms with van der Waals surface area (Å²) in [4.78, 5) is 15.6. The Morgan fingerprint density at radius 2 is 2.43 bits per heavy atom. The first kappa shape index (κ1) is 9.01. The van der Waals surface area contributed by atoms with Crippen LogP contribution in [0.1, 0.15) is 16.2 Å². The van der Waals surface area contributed by atoms with Crippen LogP contribution in [0.25, 0.3) is 0 Å². The number of carbonyl (C=O) groups is 1. The number of ketones is 1. The number of carbonyl (C=O) groups excluding carboxylic acids is 1. The standard InChI is InChI=1S/C8H8N4OS/c1-12-5-9-4-7(12)8(13)2-6-3-10-14-11-6/h3-5H,2H2,1H3. The van der Waals surface area contributed by atoms with E-state index in [1.807, 2.05) is 0 Å². The van der Waals surface area contributed by atoms with E-state index in [1.54, 1.807) is 30.3 Å². The average Bonchev–Trinajstić information content (AvgIpc) is 2.75. The molecule has 0 unspecified atom stereocenters. The number of hydrogen-bond acceptors (Lipinski definition) is 5. The Bertz CT molecular complexity index is 434. The second kappa shape index (κ2) is 3.67. The molecule has 0 aliphatic heterocycles. The zero-order valence-corrected chi connectivity index (χ0v) is 8.36. The third kappa shape index (κ3) is 1.69. The molecule has 2 rings (SSSR count). The highest BCUT2D eigenvalue weighted by atomic mass is 32.1. The number of aromatic nitrogens is 4. The molecule has 6 heteroatoms. The van der Waals surface area contributed by atoms with Crippen molar-refractivity contribution in [2.24, 2.45) is 7.05 Å². The summed E-state index contributed by atoms with van der Waals surface area (Å²) in [7, 11) is 1.79. The van der Waals surface area contributed by atoms with Crippen molar-refractivity contribution in [3.63, 3.8) is 0 Å². The molecule has 14 heavy (non-hydrogen) atoms. The number of nitrogens with zero attached hydrogens (tertiary/aromatic N) is 4. The smallest absolute Gasteiger partial charge is 0.186 e. The van der Waals surface area contributed by atoms with Crippen LogP contribution in [-0.4, -0.2) is 24.1 Å². The third-order valence-corrected chi connectivity index (χ3v) is 2.37. The molecule has 0 bridgehead atoms. The van der Waals surface area contributed by atoms with Crippen molar-refractivity contribution in [2.45, 2.75) is 6.42 Å². The minimum absolute atomic E-state index is 0.0118. The molecule has 0 radical (unpaired) electrons. The monoisotopic (exact) mass is 208 g/mol. The first-order chi connectivity index (χ1) is 6.77. The van der Waals surface area contributed by atoms with Gasteiger partial charge in [0.1, 0.15) is 5.69 Å². The highest BCUT2D eigenvalue weighted by molar-refractivity contribution is 6.99. The highest BCUT2D eigenvalue weighted by Crippen LogP contribution is 2.04. The molecule has 5 nitrogen and oxygen atoms in total. The highest BCUT2D eigenvalue weighted by Gasteiger charge is 2.11. The molecule has 0 saturated carbocycles. The van der Waals surface area contributed by atoms with Gasteiger partial charge in [-0.05, 0) is 0 Å². The fourth-order valence-corrected chi connectivity index (χ4v) is 1.58. The van der Waals surface area contributed by atoms with Crippen LogP contribution >= 0.6 is 11.7 Å². The van der Waals surface area contributed by atoms with E-state index in [0.717, 1.165) is 11.7 Å². The van der Waals surface area contributed by atoms with Crippen LogP contribution in [0.15, 0.2) is 18.7 Å². The van der Waals surface area contributed by atoms with Gasteiger partial charge in [0.25, 0.3) is 0 Å². The van der Waals surface area contributed by atoms with Crippen molar-refractivity contribution in [3.8, 4) is 0 Å². The van der Waals surface area contributed by atoms with Crippen molar-refractivity contribution in [1.29, 1.82) is 0 Å². The summed E-state index contributed by atoms with van der Waals surface area (Å²) < 4.78 is 9.51. The van der Waals surface area contributed by atoms with E-state index >= 15 is 0 Å². The van der Waals surface area contributed by atoms with E-state index in [-0.39, 0.29) is 12.2 Å².